The van der Waals surface area contributed by atoms with Crippen LogP contribution in [0.2, 0.25) is 0 Å². The van der Waals surface area contributed by atoms with E-state index in [9.17, 15) is 10.2 Å². The zero-order valence-corrected chi connectivity index (χ0v) is 10.9. The van der Waals surface area contributed by atoms with E-state index in [1.165, 1.54) is 0 Å². The Balaban J connectivity index is 1.92. The average molecular weight is 265 g/mol. The van der Waals surface area contributed by atoms with Gasteiger partial charge in [0, 0.05) is 18.0 Å². The summed E-state index contributed by atoms with van der Waals surface area (Å²) in [6.45, 7) is 0. The van der Waals surface area contributed by atoms with Crippen LogP contribution < -0.4 is 0 Å². The molecular weight excluding hydrogens is 250 g/mol. The van der Waals surface area contributed by atoms with Crippen molar-refractivity contribution in [3.63, 3.8) is 0 Å². The zero-order valence-electron chi connectivity index (χ0n) is 10.9. The standard InChI is InChI=1S/C17H15NO2/c19-13-7-5-12(6-8-13)11-17(20)15-9-10-18-16-4-2-1-3-14(15)16/h1-10,17,19-20H,11H2/t17-/m1/s1. The molecule has 1 heterocycles. The minimum absolute atomic E-state index is 0.234. The summed E-state index contributed by atoms with van der Waals surface area (Å²) in [5.41, 5.74) is 2.75. The first kappa shape index (κ1) is 12.6. The number of aliphatic hydroxyl groups is 1. The van der Waals surface area contributed by atoms with Gasteiger partial charge in [-0.2, -0.15) is 0 Å². The van der Waals surface area contributed by atoms with Crippen molar-refractivity contribution in [2.24, 2.45) is 0 Å². The molecule has 0 saturated heterocycles. The summed E-state index contributed by atoms with van der Waals surface area (Å²) in [4.78, 5) is 4.30. The second kappa shape index (κ2) is 5.31. The lowest BCUT2D eigenvalue weighted by Crippen LogP contribution is -2.03. The van der Waals surface area contributed by atoms with Crippen LogP contribution in [0.4, 0.5) is 0 Å². The van der Waals surface area contributed by atoms with Gasteiger partial charge in [0.2, 0.25) is 0 Å². The molecule has 1 aromatic heterocycles. The Morgan fingerprint density at radius 2 is 1.70 bits per heavy atom. The van der Waals surface area contributed by atoms with Crippen molar-refractivity contribution in [1.29, 1.82) is 0 Å². The first-order valence-corrected chi connectivity index (χ1v) is 6.53. The van der Waals surface area contributed by atoms with Crippen LogP contribution in [-0.2, 0) is 6.42 Å². The normalized spacial score (nSPS) is 12.4. The second-order valence-electron chi connectivity index (χ2n) is 4.80. The molecule has 3 nitrogen and oxygen atoms in total. The number of hydrogen-bond donors (Lipinski definition) is 2. The van der Waals surface area contributed by atoms with E-state index in [-0.39, 0.29) is 5.75 Å². The fourth-order valence-electron chi connectivity index (χ4n) is 2.37. The highest BCUT2D eigenvalue weighted by Crippen LogP contribution is 2.25. The molecule has 3 aromatic rings. The van der Waals surface area contributed by atoms with Gasteiger partial charge in [-0.1, -0.05) is 30.3 Å². The summed E-state index contributed by atoms with van der Waals surface area (Å²) in [5.74, 6) is 0.234. The summed E-state index contributed by atoms with van der Waals surface area (Å²) in [7, 11) is 0. The quantitative estimate of drug-likeness (QED) is 0.764. The van der Waals surface area contributed by atoms with E-state index in [0.29, 0.717) is 6.42 Å². The van der Waals surface area contributed by atoms with Crippen LogP contribution in [0.3, 0.4) is 0 Å². The number of hydrogen-bond acceptors (Lipinski definition) is 3. The molecule has 1 atom stereocenters. The molecule has 3 heteroatoms. The third-order valence-electron chi connectivity index (χ3n) is 3.41. The van der Waals surface area contributed by atoms with Gasteiger partial charge >= 0.3 is 0 Å². The topological polar surface area (TPSA) is 53.4 Å². The van der Waals surface area contributed by atoms with E-state index >= 15 is 0 Å². The molecule has 0 saturated carbocycles. The van der Waals surface area contributed by atoms with Gasteiger partial charge in [0.05, 0.1) is 11.6 Å². The number of para-hydroxylation sites is 1. The highest BCUT2D eigenvalue weighted by molar-refractivity contribution is 5.82. The molecule has 0 aliphatic heterocycles. The van der Waals surface area contributed by atoms with E-state index in [1.54, 1.807) is 18.3 Å². The number of fused-ring (bicyclic) bond motifs is 1. The molecule has 2 aromatic carbocycles. The van der Waals surface area contributed by atoms with Gasteiger partial charge in [-0.3, -0.25) is 4.98 Å². The van der Waals surface area contributed by atoms with E-state index in [0.717, 1.165) is 22.0 Å². The van der Waals surface area contributed by atoms with Gasteiger partial charge in [-0.25, -0.2) is 0 Å². The molecule has 0 radical (unpaired) electrons. The molecule has 100 valence electrons. The van der Waals surface area contributed by atoms with Gasteiger partial charge in [-0.05, 0) is 35.4 Å². The first-order chi connectivity index (χ1) is 9.74. The van der Waals surface area contributed by atoms with E-state index in [1.807, 2.05) is 42.5 Å². The summed E-state index contributed by atoms with van der Waals surface area (Å²) < 4.78 is 0. The Morgan fingerprint density at radius 1 is 0.950 bits per heavy atom. The average Bonchev–Trinajstić information content (AvgIpc) is 2.49. The second-order valence-corrected chi connectivity index (χ2v) is 4.80. The molecule has 0 bridgehead atoms. The zero-order chi connectivity index (χ0) is 13.9. The van der Waals surface area contributed by atoms with Crippen molar-refractivity contribution in [1.82, 2.24) is 4.98 Å². The Hall–Kier alpha value is -2.39. The number of phenolic OH excluding ortho intramolecular Hbond substituents is 1. The number of rotatable bonds is 3. The maximum atomic E-state index is 10.5. The molecule has 3 rings (SSSR count). The number of pyridine rings is 1. The highest BCUT2D eigenvalue weighted by Gasteiger charge is 2.12. The van der Waals surface area contributed by atoms with Crippen LogP contribution in [0, 0.1) is 0 Å². The van der Waals surface area contributed by atoms with Crippen LogP contribution in [0.5, 0.6) is 5.75 Å². The van der Waals surface area contributed by atoms with Crippen LogP contribution in [-0.4, -0.2) is 15.2 Å². The van der Waals surface area contributed by atoms with E-state index in [4.69, 9.17) is 0 Å². The minimum atomic E-state index is -0.590. The SMILES string of the molecule is Oc1ccc(C[C@@H](O)c2ccnc3ccccc23)cc1. The van der Waals surface area contributed by atoms with Crippen LogP contribution in [0.1, 0.15) is 17.2 Å². The lowest BCUT2D eigenvalue weighted by atomic mass is 9.98. The van der Waals surface area contributed by atoms with Crippen molar-refractivity contribution in [3.8, 4) is 5.75 Å². The Morgan fingerprint density at radius 3 is 2.50 bits per heavy atom. The molecule has 0 unspecified atom stereocenters. The Kier molecular flexibility index (Phi) is 3.35. The molecule has 0 aliphatic carbocycles. The maximum absolute atomic E-state index is 10.5. The number of benzene rings is 2. The molecule has 0 aliphatic rings. The molecule has 0 amide bonds. The van der Waals surface area contributed by atoms with Crippen LogP contribution in [0.15, 0.2) is 60.8 Å². The molecule has 0 spiro atoms. The number of aromatic hydroxyl groups is 1. The third kappa shape index (κ3) is 2.49. The van der Waals surface area contributed by atoms with Crippen molar-refractivity contribution in [3.05, 3.63) is 71.9 Å². The first-order valence-electron chi connectivity index (χ1n) is 6.53. The monoisotopic (exact) mass is 265 g/mol. The lowest BCUT2D eigenvalue weighted by Gasteiger charge is -2.13. The largest absolute Gasteiger partial charge is 0.508 e. The predicted octanol–water partition coefficient (Wildman–Crippen LogP) is 3.22. The minimum Gasteiger partial charge on any atom is -0.508 e. The Bertz CT molecular complexity index is 717. The van der Waals surface area contributed by atoms with Gasteiger partial charge in [0.25, 0.3) is 0 Å². The maximum Gasteiger partial charge on any atom is 0.115 e. The fraction of sp³-hybridized carbons (Fsp3) is 0.118. The van der Waals surface area contributed by atoms with Crippen molar-refractivity contribution in [2.45, 2.75) is 12.5 Å². The summed E-state index contributed by atoms with van der Waals surface area (Å²) in [5, 5.41) is 20.7. The van der Waals surface area contributed by atoms with Crippen molar-refractivity contribution in [2.75, 3.05) is 0 Å². The van der Waals surface area contributed by atoms with Gasteiger partial charge in [0.1, 0.15) is 5.75 Å². The Labute approximate surface area is 117 Å². The summed E-state index contributed by atoms with van der Waals surface area (Å²) >= 11 is 0. The molecular formula is C17H15NO2. The molecule has 2 N–H and O–H groups in total. The predicted molar refractivity (Wildman–Crippen MR) is 78.5 cm³/mol. The molecule has 20 heavy (non-hydrogen) atoms. The van der Waals surface area contributed by atoms with Gasteiger partial charge < -0.3 is 10.2 Å². The van der Waals surface area contributed by atoms with E-state index < -0.39 is 6.10 Å². The number of phenols is 1. The van der Waals surface area contributed by atoms with Crippen molar-refractivity contribution >= 4 is 10.9 Å². The van der Waals surface area contributed by atoms with Crippen LogP contribution in [0.25, 0.3) is 10.9 Å². The summed E-state index contributed by atoms with van der Waals surface area (Å²) in [6.07, 6.45) is 1.64. The van der Waals surface area contributed by atoms with E-state index in [2.05, 4.69) is 4.98 Å². The van der Waals surface area contributed by atoms with Gasteiger partial charge in [0.15, 0.2) is 0 Å². The lowest BCUT2D eigenvalue weighted by molar-refractivity contribution is 0.180. The number of aromatic nitrogens is 1. The van der Waals surface area contributed by atoms with Crippen LogP contribution >= 0.6 is 0 Å². The van der Waals surface area contributed by atoms with Crippen molar-refractivity contribution < 1.29 is 10.2 Å². The number of nitrogens with zero attached hydrogens (tertiary/aromatic N) is 1. The highest BCUT2D eigenvalue weighted by atomic mass is 16.3. The smallest absolute Gasteiger partial charge is 0.115 e. The third-order valence-corrected chi connectivity index (χ3v) is 3.41. The summed E-state index contributed by atoms with van der Waals surface area (Å²) in [6, 6.07) is 16.5. The fourth-order valence-corrected chi connectivity index (χ4v) is 2.37. The number of aliphatic hydroxyl groups excluding tert-OH is 1. The van der Waals surface area contributed by atoms with Gasteiger partial charge in [-0.15, -0.1) is 0 Å². The molecule has 0 fully saturated rings.